The van der Waals surface area contributed by atoms with Crippen molar-refractivity contribution in [3.05, 3.63) is 65.5 Å². The number of ether oxygens (including phenoxy) is 2. The van der Waals surface area contributed by atoms with Crippen LogP contribution in [0, 0.1) is 0 Å². The SMILES string of the molecule is COc1cc2ncnc(-c3cn(C)nc3-c3ccccc3)c2nc1O[C@H](C)c1nccs1. The quantitative estimate of drug-likeness (QED) is 0.375. The molecule has 0 aliphatic rings. The average molecular weight is 445 g/mol. The number of pyridine rings is 1. The lowest BCUT2D eigenvalue weighted by atomic mass is 10.0. The molecule has 0 aliphatic carbocycles. The highest BCUT2D eigenvalue weighted by Gasteiger charge is 2.21. The molecule has 4 aromatic heterocycles. The lowest BCUT2D eigenvalue weighted by molar-refractivity contribution is 0.206. The smallest absolute Gasteiger partial charge is 0.258 e. The van der Waals surface area contributed by atoms with Gasteiger partial charge in [-0.3, -0.25) is 4.68 Å². The summed E-state index contributed by atoms with van der Waals surface area (Å²) in [6.45, 7) is 1.93. The van der Waals surface area contributed by atoms with E-state index in [1.54, 1.807) is 18.0 Å². The van der Waals surface area contributed by atoms with Crippen molar-refractivity contribution in [3.63, 3.8) is 0 Å². The molecule has 4 heterocycles. The Kier molecular flexibility index (Phi) is 5.24. The van der Waals surface area contributed by atoms with Crippen LogP contribution in [0.2, 0.25) is 0 Å². The van der Waals surface area contributed by atoms with Gasteiger partial charge in [0.05, 0.1) is 12.6 Å². The molecule has 8 nitrogen and oxygen atoms in total. The molecule has 0 saturated carbocycles. The molecule has 0 spiro atoms. The van der Waals surface area contributed by atoms with Gasteiger partial charge in [0.25, 0.3) is 5.88 Å². The first-order chi connectivity index (χ1) is 15.6. The minimum absolute atomic E-state index is 0.278. The maximum Gasteiger partial charge on any atom is 0.258 e. The topological polar surface area (TPSA) is 87.8 Å². The number of aromatic nitrogens is 6. The van der Waals surface area contributed by atoms with Crippen molar-refractivity contribution in [2.75, 3.05) is 7.11 Å². The summed E-state index contributed by atoms with van der Waals surface area (Å²) in [5.41, 5.74) is 4.63. The van der Waals surface area contributed by atoms with Gasteiger partial charge in [0, 0.05) is 42.0 Å². The van der Waals surface area contributed by atoms with Crippen LogP contribution < -0.4 is 9.47 Å². The summed E-state index contributed by atoms with van der Waals surface area (Å²) < 4.78 is 13.4. The van der Waals surface area contributed by atoms with E-state index in [9.17, 15) is 0 Å². The van der Waals surface area contributed by atoms with Crippen LogP contribution in [0.1, 0.15) is 18.0 Å². The van der Waals surface area contributed by atoms with E-state index in [1.807, 2.05) is 61.9 Å². The molecular weight excluding hydrogens is 424 g/mol. The number of hydrogen-bond acceptors (Lipinski definition) is 8. The number of nitrogens with zero attached hydrogens (tertiary/aromatic N) is 6. The summed E-state index contributed by atoms with van der Waals surface area (Å²) in [5.74, 6) is 0.865. The predicted molar refractivity (Wildman–Crippen MR) is 123 cm³/mol. The zero-order chi connectivity index (χ0) is 22.1. The van der Waals surface area contributed by atoms with Crippen LogP contribution in [0.4, 0.5) is 0 Å². The van der Waals surface area contributed by atoms with Crippen LogP contribution in [0.3, 0.4) is 0 Å². The molecule has 160 valence electrons. The Balaban J connectivity index is 1.66. The van der Waals surface area contributed by atoms with Crippen molar-refractivity contribution < 1.29 is 9.47 Å². The van der Waals surface area contributed by atoms with Gasteiger partial charge in [-0.25, -0.2) is 19.9 Å². The third kappa shape index (κ3) is 3.67. The van der Waals surface area contributed by atoms with Crippen molar-refractivity contribution in [1.82, 2.24) is 29.7 Å². The summed E-state index contributed by atoms with van der Waals surface area (Å²) in [5, 5.41) is 7.44. The molecule has 0 saturated heterocycles. The van der Waals surface area contributed by atoms with Crippen molar-refractivity contribution in [2.24, 2.45) is 7.05 Å². The van der Waals surface area contributed by atoms with Gasteiger partial charge in [-0.1, -0.05) is 30.3 Å². The lowest BCUT2D eigenvalue weighted by Crippen LogP contribution is -2.06. The zero-order valence-corrected chi connectivity index (χ0v) is 18.6. The van der Waals surface area contributed by atoms with Crippen LogP contribution in [0.15, 0.2) is 60.5 Å². The van der Waals surface area contributed by atoms with E-state index in [0.29, 0.717) is 28.4 Å². The van der Waals surface area contributed by atoms with Crippen LogP contribution >= 0.6 is 11.3 Å². The highest BCUT2D eigenvalue weighted by molar-refractivity contribution is 7.09. The molecule has 5 aromatic rings. The van der Waals surface area contributed by atoms with Crippen LogP contribution in [0.25, 0.3) is 33.5 Å². The van der Waals surface area contributed by atoms with Gasteiger partial charge in [-0.2, -0.15) is 5.10 Å². The molecule has 0 N–H and O–H groups in total. The third-order valence-electron chi connectivity index (χ3n) is 4.98. The van der Waals surface area contributed by atoms with Gasteiger partial charge < -0.3 is 9.47 Å². The molecule has 0 aliphatic heterocycles. The number of thiazole rings is 1. The van der Waals surface area contributed by atoms with Gasteiger partial charge in [0.2, 0.25) is 0 Å². The first-order valence-corrected chi connectivity index (χ1v) is 10.9. The van der Waals surface area contributed by atoms with Gasteiger partial charge in [-0.15, -0.1) is 11.3 Å². The Morgan fingerprint density at radius 1 is 1.06 bits per heavy atom. The van der Waals surface area contributed by atoms with E-state index in [0.717, 1.165) is 21.8 Å². The normalized spacial score (nSPS) is 12.1. The number of benzene rings is 1. The second kappa shape index (κ2) is 8.35. The second-order valence-electron chi connectivity index (χ2n) is 7.15. The van der Waals surface area contributed by atoms with Gasteiger partial charge in [0.15, 0.2) is 5.75 Å². The fraction of sp³-hybridized carbons (Fsp3) is 0.174. The highest BCUT2D eigenvalue weighted by atomic mass is 32.1. The standard InChI is InChI=1S/C23H20N6O2S/c1-14(23-24-9-10-32-23)31-22-18(30-3)11-17-21(27-22)20(26-13-25-17)16-12-29(2)28-19(16)15-7-5-4-6-8-15/h4-14H,1-3H3/t14-/m1/s1. The Bertz CT molecular complexity index is 1370. The Morgan fingerprint density at radius 2 is 1.91 bits per heavy atom. The number of fused-ring (bicyclic) bond motifs is 1. The van der Waals surface area contributed by atoms with Gasteiger partial charge in [-0.05, 0) is 6.92 Å². The van der Waals surface area contributed by atoms with Gasteiger partial charge in [0.1, 0.15) is 34.3 Å². The largest absolute Gasteiger partial charge is 0.491 e. The number of hydrogen-bond donors (Lipinski definition) is 0. The minimum Gasteiger partial charge on any atom is -0.491 e. The fourth-order valence-electron chi connectivity index (χ4n) is 3.50. The van der Waals surface area contributed by atoms with E-state index in [1.165, 1.54) is 17.7 Å². The number of aryl methyl sites for hydroxylation is 1. The molecule has 0 unspecified atom stereocenters. The van der Waals surface area contributed by atoms with Crippen molar-refractivity contribution in [1.29, 1.82) is 0 Å². The predicted octanol–water partition coefficient (Wildman–Crippen LogP) is 4.70. The Hall–Kier alpha value is -3.85. The number of methoxy groups -OCH3 is 1. The zero-order valence-electron chi connectivity index (χ0n) is 17.8. The summed E-state index contributed by atoms with van der Waals surface area (Å²) in [6, 6.07) is 11.8. The van der Waals surface area contributed by atoms with E-state index in [4.69, 9.17) is 14.5 Å². The van der Waals surface area contributed by atoms with Crippen LogP contribution in [-0.2, 0) is 7.05 Å². The molecule has 0 bridgehead atoms. The van der Waals surface area contributed by atoms with E-state index in [2.05, 4.69) is 20.1 Å². The van der Waals surface area contributed by atoms with Gasteiger partial charge >= 0.3 is 0 Å². The first-order valence-electron chi connectivity index (χ1n) is 9.99. The van der Waals surface area contributed by atoms with Crippen LogP contribution in [0.5, 0.6) is 11.6 Å². The molecule has 5 rings (SSSR count). The van der Waals surface area contributed by atoms with E-state index in [-0.39, 0.29) is 6.10 Å². The Labute approximate surface area is 188 Å². The summed E-state index contributed by atoms with van der Waals surface area (Å²) >= 11 is 1.53. The maximum atomic E-state index is 6.14. The molecule has 0 amide bonds. The first kappa shape index (κ1) is 20.1. The molecule has 0 radical (unpaired) electrons. The van der Waals surface area contributed by atoms with Crippen molar-refractivity contribution in [2.45, 2.75) is 13.0 Å². The second-order valence-corrected chi connectivity index (χ2v) is 8.07. The summed E-state index contributed by atoms with van der Waals surface area (Å²) in [7, 11) is 3.47. The summed E-state index contributed by atoms with van der Waals surface area (Å²) in [4.78, 5) is 18.1. The minimum atomic E-state index is -0.278. The fourth-order valence-corrected chi connectivity index (χ4v) is 4.13. The molecular formula is C23H20N6O2S. The number of rotatable bonds is 6. The molecule has 1 atom stereocenters. The molecule has 9 heteroatoms. The third-order valence-corrected chi connectivity index (χ3v) is 5.92. The van der Waals surface area contributed by atoms with Crippen molar-refractivity contribution in [3.8, 4) is 34.1 Å². The van der Waals surface area contributed by atoms with Crippen molar-refractivity contribution >= 4 is 22.4 Å². The van der Waals surface area contributed by atoms with Crippen LogP contribution in [-0.4, -0.2) is 36.8 Å². The molecule has 0 fully saturated rings. The molecule has 32 heavy (non-hydrogen) atoms. The summed E-state index contributed by atoms with van der Waals surface area (Å²) in [6.07, 6.45) is 4.94. The highest BCUT2D eigenvalue weighted by Crippen LogP contribution is 2.37. The monoisotopic (exact) mass is 444 g/mol. The van der Waals surface area contributed by atoms with E-state index >= 15 is 0 Å². The Morgan fingerprint density at radius 3 is 2.66 bits per heavy atom. The van der Waals surface area contributed by atoms with E-state index < -0.39 is 0 Å². The average Bonchev–Trinajstić information content (AvgIpc) is 3.49. The maximum absolute atomic E-state index is 6.14. The lowest BCUT2D eigenvalue weighted by Gasteiger charge is -2.15. The molecule has 1 aromatic carbocycles.